The molecule has 1 fully saturated rings. The average Bonchev–Trinajstić information content (AvgIpc) is 3.02. The van der Waals surface area contributed by atoms with Crippen molar-refractivity contribution in [2.75, 3.05) is 12.4 Å². The molecular formula is C10H12N2O2. The van der Waals surface area contributed by atoms with Crippen LogP contribution in [-0.2, 0) is 4.79 Å². The van der Waals surface area contributed by atoms with Crippen molar-refractivity contribution in [3.05, 3.63) is 18.3 Å². The molecule has 1 heterocycles. The summed E-state index contributed by atoms with van der Waals surface area (Å²) in [6.45, 7) is 0. The van der Waals surface area contributed by atoms with E-state index in [-0.39, 0.29) is 11.8 Å². The standard InChI is InChI=1S/C10H12N2O2/c1-14-9-5-4-8(6-11-9)12-10(13)7-2-3-7/h4-7H,2-3H2,1H3,(H,12,13). The minimum atomic E-state index is 0.0944. The Morgan fingerprint density at radius 2 is 2.36 bits per heavy atom. The third kappa shape index (κ3) is 2.02. The molecule has 0 saturated heterocycles. The first-order valence-electron chi connectivity index (χ1n) is 4.60. The second kappa shape index (κ2) is 3.65. The van der Waals surface area contributed by atoms with Crippen LogP contribution < -0.4 is 10.1 Å². The van der Waals surface area contributed by atoms with Crippen molar-refractivity contribution in [3.8, 4) is 5.88 Å². The van der Waals surface area contributed by atoms with Gasteiger partial charge in [-0.1, -0.05) is 0 Å². The Morgan fingerprint density at radius 1 is 1.57 bits per heavy atom. The predicted molar refractivity (Wildman–Crippen MR) is 52.1 cm³/mol. The highest BCUT2D eigenvalue weighted by molar-refractivity contribution is 5.93. The van der Waals surface area contributed by atoms with Crippen LogP contribution in [0.1, 0.15) is 12.8 Å². The summed E-state index contributed by atoms with van der Waals surface area (Å²) in [7, 11) is 1.56. The van der Waals surface area contributed by atoms with E-state index in [2.05, 4.69) is 10.3 Å². The Morgan fingerprint density at radius 3 is 2.86 bits per heavy atom. The maximum atomic E-state index is 11.4. The Labute approximate surface area is 82.3 Å². The van der Waals surface area contributed by atoms with Crippen LogP contribution in [0.4, 0.5) is 5.69 Å². The number of pyridine rings is 1. The van der Waals surface area contributed by atoms with E-state index in [1.807, 2.05) is 0 Å². The first-order chi connectivity index (χ1) is 6.79. The third-order valence-electron chi connectivity index (χ3n) is 2.16. The van der Waals surface area contributed by atoms with E-state index in [1.54, 1.807) is 25.4 Å². The van der Waals surface area contributed by atoms with Gasteiger partial charge in [0.1, 0.15) is 0 Å². The minimum absolute atomic E-state index is 0.0944. The Hall–Kier alpha value is -1.58. The monoisotopic (exact) mass is 192 g/mol. The average molecular weight is 192 g/mol. The molecular weight excluding hydrogens is 180 g/mol. The van der Waals surface area contributed by atoms with Gasteiger partial charge in [0.2, 0.25) is 11.8 Å². The van der Waals surface area contributed by atoms with E-state index < -0.39 is 0 Å². The molecule has 0 atom stereocenters. The molecule has 1 aliphatic carbocycles. The maximum absolute atomic E-state index is 11.4. The lowest BCUT2D eigenvalue weighted by atomic mass is 10.3. The van der Waals surface area contributed by atoms with Crippen LogP contribution in [0, 0.1) is 5.92 Å². The predicted octanol–water partition coefficient (Wildman–Crippen LogP) is 1.44. The summed E-state index contributed by atoms with van der Waals surface area (Å²) in [5.41, 5.74) is 0.725. The zero-order chi connectivity index (χ0) is 9.97. The summed E-state index contributed by atoms with van der Waals surface area (Å²) in [5.74, 6) is 0.864. The second-order valence-corrected chi connectivity index (χ2v) is 3.35. The molecule has 4 nitrogen and oxygen atoms in total. The minimum Gasteiger partial charge on any atom is -0.481 e. The lowest BCUT2D eigenvalue weighted by Gasteiger charge is -2.03. The zero-order valence-corrected chi connectivity index (χ0v) is 7.99. The van der Waals surface area contributed by atoms with Gasteiger partial charge in [-0.15, -0.1) is 0 Å². The fourth-order valence-corrected chi connectivity index (χ4v) is 1.16. The number of carbonyl (C=O) groups excluding carboxylic acids is 1. The van der Waals surface area contributed by atoms with Gasteiger partial charge in [0.15, 0.2) is 0 Å². The van der Waals surface area contributed by atoms with Crippen molar-refractivity contribution in [3.63, 3.8) is 0 Å². The fraction of sp³-hybridized carbons (Fsp3) is 0.400. The van der Waals surface area contributed by atoms with Crippen LogP contribution in [0.5, 0.6) is 5.88 Å². The van der Waals surface area contributed by atoms with E-state index in [1.165, 1.54) is 0 Å². The highest BCUT2D eigenvalue weighted by atomic mass is 16.5. The number of hydrogen-bond donors (Lipinski definition) is 1. The Kier molecular flexibility index (Phi) is 2.35. The molecule has 14 heavy (non-hydrogen) atoms. The SMILES string of the molecule is COc1ccc(NC(=O)C2CC2)cn1. The van der Waals surface area contributed by atoms with E-state index in [0.29, 0.717) is 5.88 Å². The summed E-state index contributed by atoms with van der Waals surface area (Å²) in [6.07, 6.45) is 3.62. The highest BCUT2D eigenvalue weighted by Crippen LogP contribution is 2.30. The molecule has 0 spiro atoms. The normalized spacial score (nSPS) is 14.9. The summed E-state index contributed by atoms with van der Waals surface area (Å²) in [6, 6.07) is 3.51. The van der Waals surface area contributed by atoms with Gasteiger partial charge in [-0.25, -0.2) is 4.98 Å². The van der Waals surface area contributed by atoms with Crippen molar-refractivity contribution >= 4 is 11.6 Å². The number of nitrogens with one attached hydrogen (secondary N) is 1. The molecule has 1 saturated carbocycles. The number of aromatic nitrogens is 1. The molecule has 74 valence electrons. The third-order valence-corrected chi connectivity index (χ3v) is 2.16. The quantitative estimate of drug-likeness (QED) is 0.788. The lowest BCUT2D eigenvalue weighted by molar-refractivity contribution is -0.117. The zero-order valence-electron chi connectivity index (χ0n) is 7.99. The molecule has 0 aromatic carbocycles. The first kappa shape index (κ1) is 8.99. The fourth-order valence-electron chi connectivity index (χ4n) is 1.16. The van der Waals surface area contributed by atoms with Crippen molar-refractivity contribution in [2.24, 2.45) is 5.92 Å². The molecule has 0 bridgehead atoms. The van der Waals surface area contributed by atoms with Gasteiger partial charge in [-0.05, 0) is 18.9 Å². The summed E-state index contributed by atoms with van der Waals surface area (Å²) in [5, 5.41) is 2.80. The number of hydrogen-bond acceptors (Lipinski definition) is 3. The Bertz CT molecular complexity index is 330. The van der Waals surface area contributed by atoms with E-state index >= 15 is 0 Å². The van der Waals surface area contributed by atoms with Gasteiger partial charge in [0.05, 0.1) is 19.0 Å². The largest absolute Gasteiger partial charge is 0.481 e. The molecule has 0 aliphatic heterocycles. The van der Waals surface area contributed by atoms with Crippen LogP contribution in [-0.4, -0.2) is 18.0 Å². The van der Waals surface area contributed by atoms with E-state index in [9.17, 15) is 4.79 Å². The molecule has 1 aromatic rings. The molecule has 1 amide bonds. The number of rotatable bonds is 3. The van der Waals surface area contributed by atoms with Gasteiger partial charge in [-0.2, -0.15) is 0 Å². The molecule has 0 radical (unpaired) electrons. The lowest BCUT2D eigenvalue weighted by Crippen LogP contribution is -2.13. The molecule has 0 unspecified atom stereocenters. The number of nitrogens with zero attached hydrogens (tertiary/aromatic N) is 1. The first-order valence-corrected chi connectivity index (χ1v) is 4.60. The summed E-state index contributed by atoms with van der Waals surface area (Å²) in [4.78, 5) is 15.4. The van der Waals surface area contributed by atoms with Crippen molar-refractivity contribution in [1.29, 1.82) is 0 Å². The highest BCUT2D eigenvalue weighted by Gasteiger charge is 2.29. The number of amides is 1. The van der Waals surface area contributed by atoms with Gasteiger partial charge in [-0.3, -0.25) is 4.79 Å². The van der Waals surface area contributed by atoms with Gasteiger partial charge in [0.25, 0.3) is 0 Å². The van der Waals surface area contributed by atoms with E-state index in [0.717, 1.165) is 18.5 Å². The summed E-state index contributed by atoms with van der Waals surface area (Å²) >= 11 is 0. The second-order valence-electron chi connectivity index (χ2n) is 3.35. The van der Waals surface area contributed by atoms with Crippen LogP contribution in [0.25, 0.3) is 0 Å². The van der Waals surface area contributed by atoms with Gasteiger partial charge >= 0.3 is 0 Å². The molecule has 2 rings (SSSR count). The van der Waals surface area contributed by atoms with Crippen LogP contribution in [0.3, 0.4) is 0 Å². The number of methoxy groups -OCH3 is 1. The van der Waals surface area contributed by atoms with Crippen LogP contribution >= 0.6 is 0 Å². The topological polar surface area (TPSA) is 51.2 Å². The van der Waals surface area contributed by atoms with Crippen molar-refractivity contribution in [2.45, 2.75) is 12.8 Å². The molecule has 4 heteroatoms. The van der Waals surface area contributed by atoms with E-state index in [4.69, 9.17) is 4.74 Å². The van der Waals surface area contributed by atoms with Crippen molar-refractivity contribution < 1.29 is 9.53 Å². The number of carbonyl (C=O) groups is 1. The molecule has 1 N–H and O–H groups in total. The number of ether oxygens (including phenoxy) is 1. The molecule has 1 aromatic heterocycles. The van der Waals surface area contributed by atoms with Crippen LogP contribution in [0.15, 0.2) is 18.3 Å². The smallest absolute Gasteiger partial charge is 0.227 e. The van der Waals surface area contributed by atoms with Gasteiger partial charge in [0, 0.05) is 12.0 Å². The molecule has 1 aliphatic rings. The van der Waals surface area contributed by atoms with Crippen LogP contribution in [0.2, 0.25) is 0 Å². The van der Waals surface area contributed by atoms with Gasteiger partial charge < -0.3 is 10.1 Å². The van der Waals surface area contributed by atoms with Crippen molar-refractivity contribution in [1.82, 2.24) is 4.98 Å². The maximum Gasteiger partial charge on any atom is 0.227 e. The Balaban J connectivity index is 1.98. The summed E-state index contributed by atoms with van der Waals surface area (Å²) < 4.78 is 4.91. The number of anilines is 1.